The molecule has 0 saturated heterocycles. The number of aryl methyl sites for hydroxylation is 3. The molecule has 1 aromatic carbocycles. The Morgan fingerprint density at radius 1 is 1.20 bits per heavy atom. The molecule has 0 atom stereocenters. The number of hydrogen-bond donors (Lipinski definition) is 1. The van der Waals surface area contributed by atoms with E-state index in [4.69, 9.17) is 5.11 Å². The van der Waals surface area contributed by atoms with Crippen molar-refractivity contribution in [2.75, 3.05) is 20.2 Å². The summed E-state index contributed by atoms with van der Waals surface area (Å²) in [4.78, 5) is 3.87. The van der Waals surface area contributed by atoms with E-state index in [1.807, 2.05) is 11.3 Å². The van der Waals surface area contributed by atoms with Crippen LogP contribution in [0.4, 0.5) is 0 Å². The van der Waals surface area contributed by atoms with Gasteiger partial charge in [-0.15, -0.1) is 11.3 Å². The monoisotopic (exact) mass is 356 g/mol. The smallest absolute Gasteiger partial charge is 0.0598 e. The minimum absolute atomic E-state index is 0.250. The summed E-state index contributed by atoms with van der Waals surface area (Å²) in [6.07, 6.45) is 2.29. The van der Waals surface area contributed by atoms with Crippen LogP contribution in [0.2, 0.25) is 0 Å². The lowest BCUT2D eigenvalue weighted by atomic mass is 10.1. The number of benzene rings is 1. The zero-order chi connectivity index (χ0) is 17.8. The Morgan fingerprint density at radius 2 is 1.92 bits per heavy atom. The molecule has 1 aliphatic heterocycles. The molecular formula is C21H28N2OS. The SMILES string of the molecule is CCO.Cc1cc2c(s1)c1c(n2CCc2ccccc2)CCN(C)C1. The predicted octanol–water partition coefficient (Wildman–Crippen LogP) is 4.24. The van der Waals surface area contributed by atoms with E-state index in [1.165, 1.54) is 33.6 Å². The van der Waals surface area contributed by atoms with Crippen molar-refractivity contribution < 1.29 is 5.11 Å². The fourth-order valence-electron chi connectivity index (χ4n) is 3.59. The van der Waals surface area contributed by atoms with Crippen LogP contribution in [-0.4, -0.2) is 34.8 Å². The van der Waals surface area contributed by atoms with Crippen LogP contribution in [0.1, 0.15) is 28.6 Å². The summed E-state index contributed by atoms with van der Waals surface area (Å²) < 4.78 is 4.11. The number of aliphatic hydroxyl groups is 1. The van der Waals surface area contributed by atoms with Gasteiger partial charge in [0.15, 0.2) is 0 Å². The molecule has 4 rings (SSSR count). The van der Waals surface area contributed by atoms with Gasteiger partial charge in [-0.25, -0.2) is 0 Å². The standard InChI is InChI=1S/C19H22N2S.C2H6O/c1-14-12-18-19(22-14)16-13-20(2)10-9-17(16)21(18)11-8-15-6-4-3-5-7-15;1-2-3/h3-7,12H,8-11,13H2,1-2H3;3H,2H2,1H3. The number of rotatable bonds is 3. The van der Waals surface area contributed by atoms with Crippen LogP contribution >= 0.6 is 11.3 Å². The second-order valence-corrected chi connectivity index (χ2v) is 7.94. The predicted molar refractivity (Wildman–Crippen MR) is 107 cm³/mol. The van der Waals surface area contributed by atoms with E-state index in [9.17, 15) is 0 Å². The fourth-order valence-corrected chi connectivity index (χ4v) is 4.66. The maximum Gasteiger partial charge on any atom is 0.0598 e. The molecule has 0 aliphatic carbocycles. The number of aliphatic hydroxyl groups excluding tert-OH is 1. The van der Waals surface area contributed by atoms with Gasteiger partial charge in [0.05, 0.1) is 10.2 Å². The van der Waals surface area contributed by atoms with Gasteiger partial charge in [-0.2, -0.15) is 0 Å². The highest BCUT2D eigenvalue weighted by molar-refractivity contribution is 7.19. The minimum Gasteiger partial charge on any atom is -0.397 e. The van der Waals surface area contributed by atoms with E-state index in [0.717, 1.165) is 19.5 Å². The molecule has 25 heavy (non-hydrogen) atoms. The number of thiophene rings is 1. The third-order valence-electron chi connectivity index (χ3n) is 4.70. The molecule has 134 valence electrons. The Bertz CT molecular complexity index is 819. The fraction of sp³-hybridized carbons (Fsp3) is 0.429. The maximum atomic E-state index is 7.57. The molecule has 0 bridgehead atoms. The van der Waals surface area contributed by atoms with Crippen molar-refractivity contribution in [2.45, 2.75) is 39.8 Å². The average Bonchev–Trinajstić information content (AvgIpc) is 3.10. The molecule has 0 fully saturated rings. The van der Waals surface area contributed by atoms with Gasteiger partial charge in [-0.05, 0) is 38.9 Å². The van der Waals surface area contributed by atoms with Crippen LogP contribution < -0.4 is 0 Å². The molecule has 3 nitrogen and oxygen atoms in total. The summed E-state index contributed by atoms with van der Waals surface area (Å²) >= 11 is 1.96. The molecule has 2 aromatic heterocycles. The van der Waals surface area contributed by atoms with E-state index in [2.05, 4.69) is 59.8 Å². The number of aromatic nitrogens is 1. The number of hydrogen-bond acceptors (Lipinski definition) is 3. The number of nitrogens with zero attached hydrogens (tertiary/aromatic N) is 2. The summed E-state index contributed by atoms with van der Waals surface area (Å²) in [6, 6.07) is 13.2. The van der Waals surface area contributed by atoms with Crippen LogP contribution in [-0.2, 0) is 25.9 Å². The Labute approximate surface area is 154 Å². The van der Waals surface area contributed by atoms with E-state index in [0.29, 0.717) is 0 Å². The summed E-state index contributed by atoms with van der Waals surface area (Å²) in [5, 5.41) is 7.57. The van der Waals surface area contributed by atoms with Crippen molar-refractivity contribution in [3.8, 4) is 0 Å². The first-order valence-corrected chi connectivity index (χ1v) is 9.89. The Balaban J connectivity index is 0.000000569. The second-order valence-electron chi connectivity index (χ2n) is 6.69. The van der Waals surface area contributed by atoms with Crippen LogP contribution in [0.15, 0.2) is 36.4 Å². The topological polar surface area (TPSA) is 28.4 Å². The van der Waals surface area contributed by atoms with Crippen molar-refractivity contribution in [2.24, 2.45) is 0 Å². The van der Waals surface area contributed by atoms with E-state index in [1.54, 1.807) is 18.2 Å². The van der Waals surface area contributed by atoms with E-state index < -0.39 is 0 Å². The lowest BCUT2D eigenvalue weighted by molar-refractivity contribution is 0.309. The Hall–Kier alpha value is -1.62. The molecule has 0 spiro atoms. The van der Waals surface area contributed by atoms with Gasteiger partial charge >= 0.3 is 0 Å². The average molecular weight is 357 g/mol. The molecule has 4 heteroatoms. The van der Waals surface area contributed by atoms with E-state index in [-0.39, 0.29) is 6.61 Å². The largest absolute Gasteiger partial charge is 0.397 e. The summed E-state index contributed by atoms with van der Waals surface area (Å²) in [5.74, 6) is 0. The van der Waals surface area contributed by atoms with Crippen LogP contribution in [0.5, 0.6) is 0 Å². The Kier molecular flexibility index (Phi) is 5.94. The zero-order valence-electron chi connectivity index (χ0n) is 15.5. The van der Waals surface area contributed by atoms with Gasteiger partial charge in [-0.1, -0.05) is 30.3 Å². The third kappa shape index (κ3) is 3.97. The molecular weight excluding hydrogens is 328 g/mol. The van der Waals surface area contributed by atoms with E-state index >= 15 is 0 Å². The molecule has 1 N–H and O–H groups in total. The van der Waals surface area contributed by atoms with Crippen LogP contribution in [0.25, 0.3) is 10.2 Å². The normalized spacial score (nSPS) is 14.2. The van der Waals surface area contributed by atoms with Crippen molar-refractivity contribution in [1.82, 2.24) is 9.47 Å². The molecule has 0 saturated carbocycles. The molecule has 3 aromatic rings. The summed E-state index contributed by atoms with van der Waals surface area (Å²) in [6.45, 7) is 7.53. The summed E-state index contributed by atoms with van der Waals surface area (Å²) in [7, 11) is 2.23. The Morgan fingerprint density at radius 3 is 2.64 bits per heavy atom. The van der Waals surface area contributed by atoms with Gasteiger partial charge in [-0.3, -0.25) is 0 Å². The maximum absolute atomic E-state index is 7.57. The zero-order valence-corrected chi connectivity index (χ0v) is 16.3. The minimum atomic E-state index is 0.250. The molecule has 0 radical (unpaired) electrons. The van der Waals surface area contributed by atoms with Crippen molar-refractivity contribution >= 4 is 21.6 Å². The first-order valence-electron chi connectivity index (χ1n) is 9.07. The number of fused-ring (bicyclic) bond motifs is 3. The van der Waals surface area contributed by atoms with Crippen molar-refractivity contribution in [1.29, 1.82) is 0 Å². The van der Waals surface area contributed by atoms with Crippen molar-refractivity contribution in [3.05, 3.63) is 58.1 Å². The molecule has 0 amide bonds. The highest BCUT2D eigenvalue weighted by Crippen LogP contribution is 2.36. The number of likely N-dealkylation sites (N-methyl/N-ethyl adjacent to an activating group) is 1. The van der Waals surface area contributed by atoms with Gasteiger partial charge in [0, 0.05) is 48.8 Å². The van der Waals surface area contributed by atoms with Gasteiger partial charge in [0.1, 0.15) is 0 Å². The lowest BCUT2D eigenvalue weighted by Crippen LogP contribution is -2.27. The summed E-state index contributed by atoms with van der Waals surface area (Å²) in [5.41, 5.74) is 6.04. The second kappa shape index (κ2) is 8.17. The van der Waals surface area contributed by atoms with Crippen LogP contribution in [0.3, 0.4) is 0 Å². The van der Waals surface area contributed by atoms with Gasteiger partial charge in [0.2, 0.25) is 0 Å². The molecule has 1 aliphatic rings. The lowest BCUT2D eigenvalue weighted by Gasteiger charge is -2.24. The quantitative estimate of drug-likeness (QED) is 0.760. The molecule has 3 heterocycles. The van der Waals surface area contributed by atoms with Crippen molar-refractivity contribution in [3.63, 3.8) is 0 Å². The first kappa shape index (κ1) is 18.2. The highest BCUT2D eigenvalue weighted by atomic mass is 32.1. The highest BCUT2D eigenvalue weighted by Gasteiger charge is 2.23. The third-order valence-corrected chi connectivity index (χ3v) is 5.80. The molecule has 0 unspecified atom stereocenters. The van der Waals surface area contributed by atoms with Crippen LogP contribution in [0, 0.1) is 6.92 Å². The van der Waals surface area contributed by atoms with Gasteiger partial charge in [0.25, 0.3) is 0 Å². The first-order chi connectivity index (χ1) is 12.1. The van der Waals surface area contributed by atoms with Gasteiger partial charge < -0.3 is 14.6 Å².